The van der Waals surface area contributed by atoms with Crippen LogP contribution in [-0.2, 0) is 5.54 Å². The molecule has 17 heavy (non-hydrogen) atoms. The number of halogens is 1. The topological polar surface area (TPSA) is 15.3 Å². The molecule has 1 saturated heterocycles. The summed E-state index contributed by atoms with van der Waals surface area (Å²) in [6.07, 6.45) is 3.82. The van der Waals surface area contributed by atoms with Crippen molar-refractivity contribution < 1.29 is 0 Å². The van der Waals surface area contributed by atoms with E-state index >= 15 is 0 Å². The van der Waals surface area contributed by atoms with Gasteiger partial charge < -0.3 is 5.32 Å². The normalized spacial score (nSPS) is 26.1. The molecule has 1 N–H and O–H groups in total. The predicted octanol–water partition coefficient (Wildman–Crippen LogP) is 2.87. The van der Waals surface area contributed by atoms with Crippen molar-refractivity contribution in [2.75, 3.05) is 27.2 Å². The summed E-state index contributed by atoms with van der Waals surface area (Å²) < 4.78 is 0. The quantitative estimate of drug-likeness (QED) is 0.890. The van der Waals surface area contributed by atoms with Crippen LogP contribution in [0, 0.1) is 0 Å². The minimum atomic E-state index is 0.136. The van der Waals surface area contributed by atoms with Crippen molar-refractivity contribution in [1.82, 2.24) is 10.2 Å². The van der Waals surface area contributed by atoms with Crippen LogP contribution in [0.2, 0.25) is 5.02 Å². The van der Waals surface area contributed by atoms with Gasteiger partial charge in [-0.15, -0.1) is 0 Å². The van der Waals surface area contributed by atoms with Crippen LogP contribution in [0.4, 0.5) is 0 Å². The second kappa shape index (κ2) is 5.38. The highest BCUT2D eigenvalue weighted by Crippen LogP contribution is 2.36. The van der Waals surface area contributed by atoms with E-state index in [4.69, 9.17) is 11.6 Å². The van der Waals surface area contributed by atoms with Crippen molar-refractivity contribution in [2.45, 2.75) is 24.8 Å². The molecule has 2 nitrogen and oxygen atoms in total. The highest BCUT2D eigenvalue weighted by atomic mass is 35.5. The van der Waals surface area contributed by atoms with E-state index in [1.807, 2.05) is 19.2 Å². The molecule has 1 aliphatic heterocycles. The lowest BCUT2D eigenvalue weighted by Gasteiger charge is -2.46. The highest BCUT2D eigenvalue weighted by Gasteiger charge is 2.37. The lowest BCUT2D eigenvalue weighted by atomic mass is 9.80. The Morgan fingerprint density at radius 3 is 2.59 bits per heavy atom. The molecule has 1 heterocycles. The van der Waals surface area contributed by atoms with Gasteiger partial charge in [0.05, 0.1) is 5.54 Å². The van der Waals surface area contributed by atoms with Gasteiger partial charge in [-0.3, -0.25) is 4.90 Å². The fourth-order valence-corrected chi connectivity index (χ4v) is 3.04. The number of likely N-dealkylation sites (N-methyl/N-ethyl adjacent to an activating group) is 2. The van der Waals surface area contributed by atoms with E-state index in [2.05, 4.69) is 29.4 Å². The molecule has 1 aliphatic rings. The van der Waals surface area contributed by atoms with Gasteiger partial charge in [0.2, 0.25) is 0 Å². The van der Waals surface area contributed by atoms with Crippen molar-refractivity contribution in [2.24, 2.45) is 0 Å². The number of likely N-dealkylation sites (tertiary alicyclic amines) is 1. The number of nitrogens with zero attached hydrogens (tertiary/aromatic N) is 1. The third-order valence-electron chi connectivity index (χ3n) is 3.92. The van der Waals surface area contributed by atoms with E-state index in [1.54, 1.807) is 0 Å². The van der Waals surface area contributed by atoms with Crippen LogP contribution in [0.3, 0.4) is 0 Å². The molecule has 0 spiro atoms. The van der Waals surface area contributed by atoms with E-state index in [0.29, 0.717) is 0 Å². The van der Waals surface area contributed by atoms with E-state index in [9.17, 15) is 0 Å². The van der Waals surface area contributed by atoms with E-state index < -0.39 is 0 Å². The number of hydrogen-bond acceptors (Lipinski definition) is 2. The Bertz CT molecular complexity index is 359. The van der Waals surface area contributed by atoms with Crippen molar-refractivity contribution in [3.63, 3.8) is 0 Å². The van der Waals surface area contributed by atoms with Gasteiger partial charge in [0, 0.05) is 11.6 Å². The Labute approximate surface area is 109 Å². The molecule has 0 bridgehead atoms. The number of hydrogen-bond donors (Lipinski definition) is 1. The Kier molecular flexibility index (Phi) is 4.08. The maximum absolute atomic E-state index is 5.98. The molecule has 0 amide bonds. The molecule has 1 aromatic carbocycles. The minimum Gasteiger partial charge on any atom is -0.318 e. The number of nitrogens with one attached hydrogen (secondary N) is 1. The second-order valence-electron chi connectivity index (χ2n) is 4.95. The van der Waals surface area contributed by atoms with Gasteiger partial charge in [-0.25, -0.2) is 0 Å². The summed E-state index contributed by atoms with van der Waals surface area (Å²) in [4.78, 5) is 2.48. The summed E-state index contributed by atoms with van der Waals surface area (Å²) in [5, 5.41) is 4.16. The van der Waals surface area contributed by atoms with E-state index in [0.717, 1.165) is 11.6 Å². The van der Waals surface area contributed by atoms with Crippen molar-refractivity contribution in [3.8, 4) is 0 Å². The van der Waals surface area contributed by atoms with Gasteiger partial charge in [0.25, 0.3) is 0 Å². The first-order valence-electron chi connectivity index (χ1n) is 6.31. The SMILES string of the molecule is CNCC1(c2ccc(Cl)cc2)CCCCN1C. The summed E-state index contributed by atoms with van der Waals surface area (Å²) in [5.74, 6) is 0. The van der Waals surface area contributed by atoms with Gasteiger partial charge in [0.15, 0.2) is 0 Å². The zero-order chi connectivity index (χ0) is 12.3. The number of rotatable bonds is 3. The third-order valence-corrected chi connectivity index (χ3v) is 4.17. The van der Waals surface area contributed by atoms with Gasteiger partial charge >= 0.3 is 0 Å². The Morgan fingerprint density at radius 1 is 1.29 bits per heavy atom. The van der Waals surface area contributed by atoms with Crippen LogP contribution in [-0.4, -0.2) is 32.1 Å². The number of benzene rings is 1. The molecule has 1 aromatic rings. The molecule has 0 aromatic heterocycles. The molecular weight excluding hydrogens is 232 g/mol. The summed E-state index contributed by atoms with van der Waals surface area (Å²) in [7, 11) is 4.26. The van der Waals surface area contributed by atoms with Crippen LogP contribution in [0.1, 0.15) is 24.8 Å². The Morgan fingerprint density at radius 2 is 2.00 bits per heavy atom. The van der Waals surface area contributed by atoms with Crippen LogP contribution in [0.25, 0.3) is 0 Å². The van der Waals surface area contributed by atoms with Crippen molar-refractivity contribution in [3.05, 3.63) is 34.9 Å². The first-order chi connectivity index (χ1) is 8.19. The van der Waals surface area contributed by atoms with E-state index in [1.165, 1.54) is 31.4 Å². The van der Waals surface area contributed by atoms with Crippen LogP contribution < -0.4 is 5.32 Å². The molecular formula is C14H21ClN2. The standard InChI is InChI=1S/C14H21ClN2/c1-16-11-14(9-3-4-10-17(14)2)12-5-7-13(15)8-6-12/h5-8,16H,3-4,9-11H2,1-2H3. The monoisotopic (exact) mass is 252 g/mol. The highest BCUT2D eigenvalue weighted by molar-refractivity contribution is 6.30. The number of piperidine rings is 1. The lowest BCUT2D eigenvalue weighted by Crippen LogP contribution is -2.52. The van der Waals surface area contributed by atoms with Crippen LogP contribution >= 0.6 is 11.6 Å². The molecule has 0 radical (unpaired) electrons. The zero-order valence-electron chi connectivity index (χ0n) is 10.7. The minimum absolute atomic E-state index is 0.136. The maximum Gasteiger partial charge on any atom is 0.0583 e. The summed E-state index contributed by atoms with van der Waals surface area (Å²) >= 11 is 5.98. The predicted molar refractivity (Wildman–Crippen MR) is 73.5 cm³/mol. The van der Waals surface area contributed by atoms with Crippen molar-refractivity contribution >= 4 is 11.6 Å². The fraction of sp³-hybridized carbons (Fsp3) is 0.571. The molecule has 3 heteroatoms. The molecule has 2 rings (SSSR count). The smallest absolute Gasteiger partial charge is 0.0583 e. The first-order valence-corrected chi connectivity index (χ1v) is 6.69. The summed E-state index contributed by atoms with van der Waals surface area (Å²) in [6.45, 7) is 2.16. The molecule has 1 fully saturated rings. The van der Waals surface area contributed by atoms with Gasteiger partial charge in [0.1, 0.15) is 0 Å². The summed E-state index contributed by atoms with van der Waals surface area (Å²) in [5.41, 5.74) is 1.51. The molecule has 0 saturated carbocycles. The first kappa shape index (κ1) is 12.9. The van der Waals surface area contributed by atoms with Gasteiger partial charge in [-0.1, -0.05) is 23.7 Å². The summed E-state index contributed by atoms with van der Waals surface area (Å²) in [6, 6.07) is 8.33. The second-order valence-corrected chi connectivity index (χ2v) is 5.38. The van der Waals surface area contributed by atoms with Gasteiger partial charge in [-0.2, -0.15) is 0 Å². The van der Waals surface area contributed by atoms with E-state index in [-0.39, 0.29) is 5.54 Å². The Balaban J connectivity index is 2.35. The average Bonchev–Trinajstić information content (AvgIpc) is 2.33. The third kappa shape index (κ3) is 2.49. The molecule has 0 aliphatic carbocycles. The Hall–Kier alpha value is -0.570. The van der Waals surface area contributed by atoms with Crippen LogP contribution in [0.15, 0.2) is 24.3 Å². The van der Waals surface area contributed by atoms with Crippen LogP contribution in [0.5, 0.6) is 0 Å². The zero-order valence-corrected chi connectivity index (χ0v) is 11.4. The van der Waals surface area contributed by atoms with Crippen molar-refractivity contribution in [1.29, 1.82) is 0 Å². The molecule has 1 atom stereocenters. The molecule has 94 valence electrons. The fourth-order valence-electron chi connectivity index (χ4n) is 2.91. The molecule has 1 unspecified atom stereocenters. The average molecular weight is 253 g/mol. The van der Waals surface area contributed by atoms with Gasteiger partial charge in [-0.05, 0) is 57.6 Å². The maximum atomic E-state index is 5.98. The largest absolute Gasteiger partial charge is 0.318 e. The lowest BCUT2D eigenvalue weighted by molar-refractivity contribution is 0.0716.